The fraction of sp³-hybridized carbons (Fsp3) is 0.320. The van der Waals surface area contributed by atoms with Crippen molar-refractivity contribution < 1.29 is 22.1 Å². The molecule has 0 fully saturated rings. The molecule has 0 radical (unpaired) electrons. The van der Waals surface area contributed by atoms with E-state index in [1.807, 2.05) is 38.1 Å². The van der Waals surface area contributed by atoms with E-state index in [0.29, 0.717) is 16.9 Å². The number of hydrogen-bond acceptors (Lipinski definition) is 6. The predicted octanol–water partition coefficient (Wildman–Crippen LogP) is 4.95. The molecule has 0 aromatic heterocycles. The first kappa shape index (κ1) is 23.6. The number of allylic oxidation sites excluding steroid dienone is 1. The van der Waals surface area contributed by atoms with Gasteiger partial charge < -0.3 is 13.8 Å². The Morgan fingerprint density at radius 1 is 1.09 bits per heavy atom. The lowest BCUT2D eigenvalue weighted by Gasteiger charge is -2.29. The van der Waals surface area contributed by atoms with Crippen molar-refractivity contribution in [2.75, 3.05) is 24.2 Å². The van der Waals surface area contributed by atoms with Crippen LogP contribution < -0.4 is 13.8 Å². The largest absolute Gasteiger partial charge is 0.482 e. The van der Waals surface area contributed by atoms with Crippen LogP contribution in [0.15, 0.2) is 48.6 Å². The van der Waals surface area contributed by atoms with Crippen molar-refractivity contribution in [2.45, 2.75) is 33.3 Å². The third-order valence-corrected chi connectivity index (χ3v) is 5.61. The van der Waals surface area contributed by atoms with Gasteiger partial charge in [0.15, 0.2) is 11.5 Å². The summed E-state index contributed by atoms with van der Waals surface area (Å²) in [5.74, 6) is 0.193. The first-order chi connectivity index (χ1) is 15.0. The molecule has 1 heterocycles. The Bertz CT molecular complexity index is 1160. The highest BCUT2D eigenvalue weighted by Gasteiger charge is 2.28. The van der Waals surface area contributed by atoms with Crippen LogP contribution in [0.2, 0.25) is 0 Å². The number of rotatable bonds is 8. The van der Waals surface area contributed by atoms with Gasteiger partial charge in [-0.25, -0.2) is 0 Å². The lowest BCUT2D eigenvalue weighted by molar-refractivity contribution is 0.103. The Balaban J connectivity index is 1.91. The molecule has 0 atom stereocenters. The van der Waals surface area contributed by atoms with Crippen LogP contribution in [0.25, 0.3) is 12.2 Å². The zero-order valence-electron chi connectivity index (χ0n) is 19.1. The summed E-state index contributed by atoms with van der Waals surface area (Å²) in [6, 6.07) is 11.0. The van der Waals surface area contributed by atoms with Crippen molar-refractivity contribution in [1.29, 1.82) is 0 Å². The molecule has 7 heteroatoms. The number of fused-ring (bicyclic) bond motifs is 1. The summed E-state index contributed by atoms with van der Waals surface area (Å²) in [4.78, 5) is 15.3. The molecule has 32 heavy (non-hydrogen) atoms. The highest BCUT2D eigenvalue weighted by Crippen LogP contribution is 2.40. The van der Waals surface area contributed by atoms with E-state index in [9.17, 15) is 13.2 Å². The smallest absolute Gasteiger partial charge is 0.306 e. The maximum absolute atomic E-state index is 13.0. The zero-order chi connectivity index (χ0) is 23.5. The normalized spacial score (nSPS) is 14.7. The Kier molecular flexibility index (Phi) is 6.79. The van der Waals surface area contributed by atoms with E-state index in [1.54, 1.807) is 18.2 Å². The second-order valence-corrected chi connectivity index (χ2v) is 9.72. The average molecular weight is 456 g/mol. The van der Waals surface area contributed by atoms with E-state index in [2.05, 4.69) is 18.7 Å². The molecule has 170 valence electrons. The van der Waals surface area contributed by atoms with Gasteiger partial charge in [-0.15, -0.1) is 0 Å². The fourth-order valence-electron chi connectivity index (χ4n) is 3.51. The Morgan fingerprint density at radius 2 is 1.75 bits per heavy atom. The number of carbonyl (C=O) groups is 1. The number of ether oxygens (including phenoxy) is 1. The summed E-state index contributed by atoms with van der Waals surface area (Å²) in [7, 11) is -3.72. The van der Waals surface area contributed by atoms with Gasteiger partial charge in [0.05, 0.1) is 17.4 Å². The molecule has 2 aromatic rings. The molecule has 2 aromatic carbocycles. The number of nitrogens with zero attached hydrogens (tertiary/aromatic N) is 1. The molecular formula is C25H29NO5S. The second-order valence-electron chi connectivity index (χ2n) is 8.14. The van der Waals surface area contributed by atoms with Gasteiger partial charge in [-0.1, -0.05) is 18.2 Å². The van der Waals surface area contributed by atoms with Crippen LogP contribution in [0, 0.1) is 0 Å². The fourth-order valence-corrected chi connectivity index (χ4v) is 3.98. The van der Waals surface area contributed by atoms with E-state index in [-0.39, 0.29) is 11.5 Å². The lowest BCUT2D eigenvalue weighted by atomic mass is 9.97. The highest BCUT2D eigenvalue weighted by atomic mass is 32.2. The van der Waals surface area contributed by atoms with Crippen molar-refractivity contribution in [3.05, 3.63) is 65.2 Å². The van der Waals surface area contributed by atoms with Crippen molar-refractivity contribution in [2.24, 2.45) is 0 Å². The van der Waals surface area contributed by atoms with E-state index in [0.717, 1.165) is 30.6 Å². The molecule has 0 N–H and O–H groups in total. The first-order valence-corrected chi connectivity index (χ1v) is 12.4. The third kappa shape index (κ3) is 5.59. The Hall–Kier alpha value is -3.06. The second kappa shape index (κ2) is 9.20. The monoisotopic (exact) mass is 455 g/mol. The lowest BCUT2D eigenvalue weighted by Crippen LogP contribution is -2.28. The Morgan fingerprint density at radius 3 is 2.34 bits per heavy atom. The standard InChI is InChI=1S/C25H29NO5S/c1-6-26(7-2)19-11-8-18(9-12-19)10-14-22(27)20-13-15-23(31-32(5,28)29)21-16-17-25(3,4)30-24(20)21/h8-17H,6-7H2,1-5H3. The van der Waals surface area contributed by atoms with Crippen LogP contribution in [0.5, 0.6) is 11.5 Å². The summed E-state index contributed by atoms with van der Waals surface area (Å²) >= 11 is 0. The van der Waals surface area contributed by atoms with Crippen LogP contribution in [0.1, 0.15) is 49.2 Å². The number of carbonyl (C=O) groups excluding carboxylic acids is 1. The van der Waals surface area contributed by atoms with E-state index in [4.69, 9.17) is 8.92 Å². The van der Waals surface area contributed by atoms with Crippen LogP contribution >= 0.6 is 0 Å². The van der Waals surface area contributed by atoms with Gasteiger partial charge in [0.1, 0.15) is 11.4 Å². The van der Waals surface area contributed by atoms with Crippen LogP contribution in [0.4, 0.5) is 5.69 Å². The SMILES string of the molecule is CCN(CC)c1ccc(C=CC(=O)c2ccc(OS(C)(=O)=O)c3c2OC(C)(C)C=C3)cc1. The quantitative estimate of drug-likeness (QED) is 0.319. The van der Waals surface area contributed by atoms with Crippen LogP contribution in [-0.4, -0.2) is 39.1 Å². The molecule has 0 bridgehead atoms. The summed E-state index contributed by atoms with van der Waals surface area (Å²) in [6.07, 6.45) is 7.75. The van der Waals surface area contributed by atoms with E-state index in [1.165, 1.54) is 18.2 Å². The molecule has 0 saturated heterocycles. The van der Waals surface area contributed by atoms with Crippen LogP contribution in [0.3, 0.4) is 0 Å². The summed E-state index contributed by atoms with van der Waals surface area (Å²) < 4.78 is 34.4. The molecule has 1 aliphatic heterocycles. The number of benzene rings is 2. The van der Waals surface area contributed by atoms with Gasteiger partial charge in [-0.05, 0) is 75.8 Å². The number of ketones is 1. The molecule has 0 unspecified atom stereocenters. The van der Waals surface area contributed by atoms with Gasteiger partial charge in [0, 0.05) is 18.8 Å². The van der Waals surface area contributed by atoms with E-state index >= 15 is 0 Å². The molecule has 6 nitrogen and oxygen atoms in total. The minimum Gasteiger partial charge on any atom is -0.482 e. The van der Waals surface area contributed by atoms with Crippen molar-refractivity contribution in [1.82, 2.24) is 0 Å². The molecule has 0 spiro atoms. The summed E-state index contributed by atoms with van der Waals surface area (Å²) in [5.41, 5.74) is 2.17. The van der Waals surface area contributed by atoms with Gasteiger partial charge in [-0.2, -0.15) is 8.42 Å². The number of hydrogen-bond donors (Lipinski definition) is 0. The molecular weight excluding hydrogens is 426 g/mol. The highest BCUT2D eigenvalue weighted by molar-refractivity contribution is 7.86. The van der Waals surface area contributed by atoms with Crippen molar-refractivity contribution in [3.8, 4) is 11.5 Å². The molecule has 0 saturated carbocycles. The maximum atomic E-state index is 13.0. The Labute approximate surface area is 190 Å². The van der Waals surface area contributed by atoms with Crippen molar-refractivity contribution in [3.63, 3.8) is 0 Å². The van der Waals surface area contributed by atoms with Gasteiger partial charge in [0.25, 0.3) is 0 Å². The number of anilines is 1. The maximum Gasteiger partial charge on any atom is 0.306 e. The van der Waals surface area contributed by atoms with E-state index < -0.39 is 15.7 Å². The minimum atomic E-state index is -3.72. The topological polar surface area (TPSA) is 72.9 Å². The summed E-state index contributed by atoms with van der Waals surface area (Å²) in [5, 5.41) is 0. The average Bonchev–Trinajstić information content (AvgIpc) is 2.72. The third-order valence-electron chi connectivity index (χ3n) is 5.13. The minimum absolute atomic E-state index is 0.127. The van der Waals surface area contributed by atoms with Gasteiger partial charge >= 0.3 is 10.1 Å². The predicted molar refractivity (Wildman–Crippen MR) is 129 cm³/mol. The zero-order valence-corrected chi connectivity index (χ0v) is 19.9. The molecule has 1 aliphatic rings. The van der Waals surface area contributed by atoms with Gasteiger partial charge in [0.2, 0.25) is 0 Å². The van der Waals surface area contributed by atoms with Crippen molar-refractivity contribution >= 4 is 33.7 Å². The first-order valence-electron chi connectivity index (χ1n) is 10.5. The molecule has 0 aliphatic carbocycles. The summed E-state index contributed by atoms with van der Waals surface area (Å²) in [6.45, 7) is 9.80. The molecule has 3 rings (SSSR count). The van der Waals surface area contributed by atoms with Gasteiger partial charge in [-0.3, -0.25) is 4.79 Å². The molecule has 0 amide bonds. The van der Waals surface area contributed by atoms with Crippen LogP contribution in [-0.2, 0) is 10.1 Å².